The minimum absolute atomic E-state index is 0.0111. The van der Waals surface area contributed by atoms with E-state index in [1.165, 1.54) is 9.21 Å². The van der Waals surface area contributed by atoms with Gasteiger partial charge in [0.15, 0.2) is 10.7 Å². The number of anilines is 2. The van der Waals surface area contributed by atoms with Crippen LogP contribution >= 0.6 is 0 Å². The highest BCUT2D eigenvalue weighted by Gasteiger charge is 2.39. The second kappa shape index (κ2) is 10.4. The van der Waals surface area contributed by atoms with Gasteiger partial charge in [0, 0.05) is 13.1 Å². The Hall–Kier alpha value is -3.76. The minimum Gasteiger partial charge on any atom is -0.355 e. The average molecular weight is 549 g/mol. The van der Waals surface area contributed by atoms with Crippen LogP contribution in [0, 0.1) is 33.6 Å². The number of carbonyl (C=O) groups excluding carboxylic acids is 2. The molecule has 2 aliphatic rings. The maximum atomic E-state index is 13.9. The first kappa shape index (κ1) is 26.8. The molecule has 0 unspecified atom stereocenters. The normalized spacial score (nSPS) is 18.3. The van der Waals surface area contributed by atoms with Crippen molar-refractivity contribution < 1.29 is 22.5 Å². The monoisotopic (exact) mass is 548 g/mol. The topological polar surface area (TPSA) is 113 Å². The van der Waals surface area contributed by atoms with E-state index in [2.05, 4.69) is 22.6 Å². The first-order valence-electron chi connectivity index (χ1n) is 13.0. The van der Waals surface area contributed by atoms with Gasteiger partial charge >= 0.3 is 0 Å². The maximum Gasteiger partial charge on any atom is 0.248 e. The number of nitrogens with one attached hydrogen (secondary N) is 1. The molecule has 1 N–H and O–H groups in total. The number of para-hydroxylation sites is 2. The SMILES string of the molecule is Cc1cc(C)c(/C=C/c2onc(C)c2S(=O)(=O)N2CCC[C@@H](C(=O)N3CC(=O)Nc4ccccc43)C2)c(C)c1. The van der Waals surface area contributed by atoms with Crippen molar-refractivity contribution in [2.75, 3.05) is 29.9 Å². The second-order valence-corrected chi connectivity index (χ2v) is 12.2. The predicted octanol–water partition coefficient (Wildman–Crippen LogP) is 4.46. The molecule has 3 heterocycles. The predicted molar refractivity (Wildman–Crippen MR) is 150 cm³/mol. The Morgan fingerprint density at radius 1 is 1.10 bits per heavy atom. The van der Waals surface area contributed by atoms with Crippen LogP contribution in [0.2, 0.25) is 0 Å². The number of piperidine rings is 1. The smallest absolute Gasteiger partial charge is 0.248 e. The molecule has 3 aromatic rings. The van der Waals surface area contributed by atoms with Gasteiger partial charge in [-0.1, -0.05) is 41.1 Å². The molecule has 1 fully saturated rings. The summed E-state index contributed by atoms with van der Waals surface area (Å²) < 4.78 is 34.6. The zero-order valence-electron chi connectivity index (χ0n) is 22.5. The highest BCUT2D eigenvalue weighted by molar-refractivity contribution is 7.89. The van der Waals surface area contributed by atoms with Crippen LogP contribution in [0.5, 0.6) is 0 Å². The van der Waals surface area contributed by atoms with Crippen molar-refractivity contribution in [3.63, 3.8) is 0 Å². The summed E-state index contributed by atoms with van der Waals surface area (Å²) in [5, 5.41) is 6.74. The van der Waals surface area contributed by atoms with Gasteiger partial charge in [0.2, 0.25) is 21.8 Å². The Labute approximate surface area is 228 Å². The van der Waals surface area contributed by atoms with Crippen LogP contribution in [0.1, 0.15) is 46.5 Å². The number of nitrogens with zero attached hydrogens (tertiary/aromatic N) is 3. The summed E-state index contributed by atoms with van der Waals surface area (Å²) in [6.45, 7) is 7.87. The fourth-order valence-electron chi connectivity index (χ4n) is 5.55. The van der Waals surface area contributed by atoms with Gasteiger partial charge in [0.1, 0.15) is 12.2 Å². The third-order valence-electron chi connectivity index (χ3n) is 7.34. The van der Waals surface area contributed by atoms with E-state index in [1.54, 1.807) is 37.3 Å². The fourth-order valence-corrected chi connectivity index (χ4v) is 7.33. The quantitative estimate of drug-likeness (QED) is 0.504. The molecule has 39 heavy (non-hydrogen) atoms. The highest BCUT2D eigenvalue weighted by Crippen LogP contribution is 2.34. The number of carbonyl (C=O) groups is 2. The number of amides is 2. The standard InChI is InChI=1S/C29H32N4O5S/c1-18-14-19(2)23(20(3)15-18)11-12-26-28(21(4)31-38-26)39(36,37)32-13-7-8-22(16-32)29(35)33-17-27(34)30-24-9-5-6-10-25(24)33/h5-6,9-12,14-15,22H,7-8,13,16-17H2,1-4H3,(H,30,34)/b12-11+/t22-/m1/s1. The van der Waals surface area contributed by atoms with Crippen molar-refractivity contribution in [3.8, 4) is 0 Å². The van der Waals surface area contributed by atoms with Gasteiger partial charge in [-0.15, -0.1) is 0 Å². The molecule has 10 heteroatoms. The molecule has 2 aliphatic heterocycles. The molecule has 0 spiro atoms. The van der Waals surface area contributed by atoms with Gasteiger partial charge in [-0.2, -0.15) is 4.31 Å². The van der Waals surface area contributed by atoms with Gasteiger partial charge in [-0.3, -0.25) is 9.59 Å². The molecule has 204 valence electrons. The van der Waals surface area contributed by atoms with E-state index < -0.39 is 15.9 Å². The molecule has 1 atom stereocenters. The molecule has 9 nitrogen and oxygen atoms in total. The molecule has 0 aliphatic carbocycles. The van der Waals surface area contributed by atoms with Gasteiger partial charge < -0.3 is 14.7 Å². The highest BCUT2D eigenvalue weighted by atomic mass is 32.2. The molecule has 2 amide bonds. The van der Waals surface area contributed by atoms with E-state index in [4.69, 9.17) is 4.52 Å². The summed E-state index contributed by atoms with van der Waals surface area (Å²) in [7, 11) is -4.00. The molecular weight excluding hydrogens is 516 g/mol. The van der Waals surface area contributed by atoms with Crippen molar-refractivity contribution in [1.82, 2.24) is 9.46 Å². The van der Waals surface area contributed by atoms with Gasteiger partial charge in [0.05, 0.1) is 17.3 Å². The van der Waals surface area contributed by atoms with Gasteiger partial charge in [0.25, 0.3) is 0 Å². The first-order chi connectivity index (χ1) is 18.6. The Bertz CT molecular complexity index is 1570. The minimum atomic E-state index is -4.00. The van der Waals surface area contributed by atoms with Crippen LogP contribution in [0.3, 0.4) is 0 Å². The van der Waals surface area contributed by atoms with Crippen LogP contribution in [0.15, 0.2) is 45.8 Å². The molecule has 0 saturated carbocycles. The number of fused-ring (bicyclic) bond motifs is 1. The summed E-state index contributed by atoms with van der Waals surface area (Å²) in [5.74, 6) is -0.964. The van der Waals surface area contributed by atoms with Gasteiger partial charge in [-0.05, 0) is 75.4 Å². The largest absolute Gasteiger partial charge is 0.355 e. The molecule has 1 saturated heterocycles. The molecule has 2 aromatic carbocycles. The number of rotatable bonds is 5. The van der Waals surface area contributed by atoms with Crippen molar-refractivity contribution in [1.29, 1.82) is 0 Å². The Kier molecular flexibility index (Phi) is 7.17. The van der Waals surface area contributed by atoms with E-state index in [-0.39, 0.29) is 47.8 Å². The third kappa shape index (κ3) is 5.14. The summed E-state index contributed by atoms with van der Waals surface area (Å²) >= 11 is 0. The van der Waals surface area contributed by atoms with E-state index in [0.717, 1.165) is 22.3 Å². The summed E-state index contributed by atoms with van der Waals surface area (Å²) in [6, 6.07) is 11.3. The average Bonchev–Trinajstić information content (AvgIpc) is 3.28. The van der Waals surface area contributed by atoms with E-state index in [1.807, 2.05) is 26.8 Å². The summed E-state index contributed by atoms with van der Waals surface area (Å²) in [4.78, 5) is 27.3. The van der Waals surface area contributed by atoms with Crippen LogP contribution in [0.25, 0.3) is 12.2 Å². The lowest BCUT2D eigenvalue weighted by atomic mass is 9.97. The van der Waals surface area contributed by atoms with Crippen LogP contribution in [0.4, 0.5) is 11.4 Å². The molecule has 0 radical (unpaired) electrons. The molecular formula is C29H32N4O5S. The van der Waals surface area contributed by atoms with E-state index in [9.17, 15) is 18.0 Å². The molecule has 0 bridgehead atoms. The van der Waals surface area contributed by atoms with Crippen molar-refractivity contribution >= 4 is 45.4 Å². The van der Waals surface area contributed by atoms with Crippen molar-refractivity contribution in [2.45, 2.75) is 45.4 Å². The zero-order chi connectivity index (χ0) is 27.9. The third-order valence-corrected chi connectivity index (χ3v) is 9.36. The Morgan fingerprint density at radius 3 is 2.56 bits per heavy atom. The second-order valence-electron chi connectivity index (χ2n) is 10.3. The van der Waals surface area contributed by atoms with E-state index >= 15 is 0 Å². The Morgan fingerprint density at radius 2 is 1.82 bits per heavy atom. The van der Waals surface area contributed by atoms with E-state index in [0.29, 0.717) is 24.2 Å². The summed E-state index contributed by atoms with van der Waals surface area (Å²) in [5.41, 5.74) is 5.76. The Balaban J connectivity index is 1.41. The van der Waals surface area contributed by atoms with Crippen LogP contribution in [-0.2, 0) is 19.6 Å². The molecule has 1 aromatic heterocycles. The fraction of sp³-hybridized carbons (Fsp3) is 0.345. The summed E-state index contributed by atoms with van der Waals surface area (Å²) in [6.07, 6.45) is 4.55. The first-order valence-corrected chi connectivity index (χ1v) is 14.4. The zero-order valence-corrected chi connectivity index (χ0v) is 23.3. The van der Waals surface area contributed by atoms with Crippen molar-refractivity contribution in [2.24, 2.45) is 5.92 Å². The van der Waals surface area contributed by atoms with Crippen LogP contribution in [-0.4, -0.2) is 49.3 Å². The lowest BCUT2D eigenvalue weighted by Crippen LogP contribution is -2.50. The number of aromatic nitrogens is 1. The number of sulfonamides is 1. The number of hydrogen-bond donors (Lipinski definition) is 1. The number of aryl methyl sites for hydroxylation is 4. The van der Waals surface area contributed by atoms with Crippen molar-refractivity contribution in [3.05, 3.63) is 70.1 Å². The maximum absolute atomic E-state index is 13.9. The number of hydrogen-bond acceptors (Lipinski definition) is 6. The van der Waals surface area contributed by atoms with Crippen LogP contribution < -0.4 is 10.2 Å². The lowest BCUT2D eigenvalue weighted by Gasteiger charge is -2.36. The number of benzene rings is 2. The lowest BCUT2D eigenvalue weighted by molar-refractivity contribution is -0.125. The van der Waals surface area contributed by atoms with Gasteiger partial charge in [-0.25, -0.2) is 8.42 Å². The molecule has 5 rings (SSSR count).